The van der Waals surface area contributed by atoms with Gasteiger partial charge in [0.2, 0.25) is 5.72 Å². The van der Waals surface area contributed by atoms with Crippen LogP contribution in [0.1, 0.15) is 13.8 Å². The second-order valence-electron chi connectivity index (χ2n) is 6.44. The SMILES string of the molecule is CC1(C)S[C@H]2N(C(=O)C2(O)NC(=O)COc2ccccc2)[C@H]1C(=O)O. The van der Waals surface area contributed by atoms with E-state index in [0.717, 1.165) is 16.7 Å². The lowest BCUT2D eigenvalue weighted by Crippen LogP contribution is -2.79. The van der Waals surface area contributed by atoms with E-state index in [-0.39, 0.29) is 6.61 Å². The maximum atomic E-state index is 12.3. The summed E-state index contributed by atoms with van der Waals surface area (Å²) in [4.78, 5) is 36.9. The van der Waals surface area contributed by atoms with Gasteiger partial charge in [-0.25, -0.2) is 4.79 Å². The fourth-order valence-electron chi connectivity index (χ4n) is 3.07. The van der Waals surface area contributed by atoms with Crippen molar-refractivity contribution in [2.24, 2.45) is 0 Å². The van der Waals surface area contributed by atoms with Gasteiger partial charge in [0.25, 0.3) is 11.8 Å². The molecule has 3 atom stereocenters. The van der Waals surface area contributed by atoms with Gasteiger partial charge < -0.3 is 25.2 Å². The van der Waals surface area contributed by atoms with Crippen molar-refractivity contribution in [3.8, 4) is 5.75 Å². The Morgan fingerprint density at radius 1 is 1.32 bits per heavy atom. The van der Waals surface area contributed by atoms with Crippen LogP contribution in [0.25, 0.3) is 0 Å². The summed E-state index contributed by atoms with van der Waals surface area (Å²) in [5.74, 6) is -2.16. The highest BCUT2D eigenvalue weighted by molar-refractivity contribution is 8.01. The Balaban J connectivity index is 1.66. The molecule has 0 radical (unpaired) electrons. The van der Waals surface area contributed by atoms with Gasteiger partial charge in [0.1, 0.15) is 17.2 Å². The molecule has 3 N–H and O–H groups in total. The maximum Gasteiger partial charge on any atom is 0.327 e. The van der Waals surface area contributed by atoms with Crippen molar-refractivity contribution in [2.75, 3.05) is 6.61 Å². The molecule has 1 unspecified atom stereocenters. The number of fused-ring (bicyclic) bond motifs is 1. The quantitative estimate of drug-likeness (QED) is 0.497. The van der Waals surface area contributed by atoms with Crippen LogP contribution in [0.15, 0.2) is 30.3 Å². The van der Waals surface area contributed by atoms with Gasteiger partial charge in [0.05, 0.1) is 0 Å². The smallest absolute Gasteiger partial charge is 0.327 e. The monoisotopic (exact) mass is 366 g/mol. The number of hydrogen-bond acceptors (Lipinski definition) is 6. The van der Waals surface area contributed by atoms with Crippen molar-refractivity contribution < 1.29 is 29.3 Å². The minimum Gasteiger partial charge on any atom is -0.484 e. The van der Waals surface area contributed by atoms with Crippen molar-refractivity contribution in [1.29, 1.82) is 0 Å². The van der Waals surface area contributed by atoms with E-state index in [1.807, 2.05) is 0 Å². The van der Waals surface area contributed by atoms with Gasteiger partial charge in [-0.05, 0) is 26.0 Å². The van der Waals surface area contributed by atoms with Gasteiger partial charge in [0, 0.05) is 4.75 Å². The summed E-state index contributed by atoms with van der Waals surface area (Å²) in [5.41, 5.74) is -2.12. The zero-order valence-electron chi connectivity index (χ0n) is 13.6. The average Bonchev–Trinajstić information content (AvgIpc) is 2.83. The van der Waals surface area contributed by atoms with Crippen LogP contribution in [0.4, 0.5) is 0 Å². The van der Waals surface area contributed by atoms with Crippen molar-refractivity contribution in [2.45, 2.75) is 35.7 Å². The molecule has 3 rings (SSSR count). The molecule has 2 fully saturated rings. The van der Waals surface area contributed by atoms with E-state index in [4.69, 9.17) is 4.74 Å². The van der Waals surface area contributed by atoms with Crippen LogP contribution in [0, 0.1) is 0 Å². The number of carboxylic acid groups (broad SMARTS) is 1. The number of aliphatic hydroxyl groups is 1. The molecule has 9 heteroatoms. The minimum absolute atomic E-state index is 0.372. The summed E-state index contributed by atoms with van der Waals surface area (Å²) in [5, 5.41) is 21.3. The summed E-state index contributed by atoms with van der Waals surface area (Å²) >= 11 is 1.14. The first kappa shape index (κ1) is 17.6. The second kappa shape index (κ2) is 5.92. The maximum absolute atomic E-state index is 12.3. The zero-order valence-corrected chi connectivity index (χ0v) is 14.4. The number of benzene rings is 1. The lowest BCUT2D eigenvalue weighted by Gasteiger charge is -2.49. The number of nitrogens with one attached hydrogen (secondary N) is 1. The molecule has 0 aromatic heterocycles. The zero-order chi connectivity index (χ0) is 18.4. The van der Waals surface area contributed by atoms with Crippen LogP contribution in [0.5, 0.6) is 5.75 Å². The van der Waals surface area contributed by atoms with Crippen LogP contribution in [0.2, 0.25) is 0 Å². The van der Waals surface area contributed by atoms with Crippen LogP contribution in [-0.4, -0.2) is 61.4 Å². The molecule has 8 nitrogen and oxygen atoms in total. The van der Waals surface area contributed by atoms with Gasteiger partial charge in [-0.2, -0.15) is 0 Å². The molecule has 2 aliphatic heterocycles. The fraction of sp³-hybridized carbons (Fsp3) is 0.438. The molecule has 1 aromatic rings. The number of carbonyl (C=O) groups excluding carboxylic acids is 2. The standard InChI is InChI=1S/C16H18N2O6S/c1-15(2)11(12(20)21)18-13(22)16(23,14(18)25-15)17-10(19)8-24-9-6-4-3-5-7-9/h3-7,11,14,23H,8H2,1-2H3,(H,17,19)(H,20,21)/t11-,14+,16?/m0/s1. The van der Waals surface area contributed by atoms with Crippen molar-refractivity contribution in [3.05, 3.63) is 30.3 Å². The first-order valence-corrected chi connectivity index (χ1v) is 8.49. The molecular formula is C16H18N2O6S. The highest BCUT2D eigenvalue weighted by Gasteiger charge is 2.72. The average molecular weight is 366 g/mol. The molecule has 0 spiro atoms. The second-order valence-corrected chi connectivity index (χ2v) is 8.18. The van der Waals surface area contributed by atoms with Crippen LogP contribution in [0.3, 0.4) is 0 Å². The molecule has 0 bridgehead atoms. The molecule has 2 amide bonds. The number of amides is 2. The largest absolute Gasteiger partial charge is 0.484 e. The first-order chi connectivity index (χ1) is 11.7. The summed E-state index contributed by atoms with van der Waals surface area (Å²) in [6.45, 7) is 2.99. The molecule has 1 aromatic carbocycles. The number of nitrogens with zero attached hydrogens (tertiary/aromatic N) is 1. The Morgan fingerprint density at radius 2 is 1.96 bits per heavy atom. The van der Waals surface area contributed by atoms with E-state index in [1.165, 1.54) is 0 Å². The van der Waals surface area contributed by atoms with Crippen LogP contribution < -0.4 is 10.1 Å². The molecule has 0 aliphatic carbocycles. The molecular weight excluding hydrogens is 348 g/mol. The van der Waals surface area contributed by atoms with Crippen molar-refractivity contribution in [3.63, 3.8) is 0 Å². The third kappa shape index (κ3) is 2.83. The Kier molecular flexibility index (Phi) is 4.16. The van der Waals surface area contributed by atoms with Crippen LogP contribution in [-0.2, 0) is 14.4 Å². The van der Waals surface area contributed by atoms with E-state index in [1.54, 1.807) is 44.2 Å². The molecule has 134 valence electrons. The number of aliphatic carboxylic acids is 1. The number of carboxylic acids is 1. The summed E-state index contributed by atoms with van der Waals surface area (Å²) in [7, 11) is 0. The molecule has 2 aliphatic rings. The Morgan fingerprint density at radius 3 is 2.56 bits per heavy atom. The Hall–Kier alpha value is -2.26. The van der Waals surface area contributed by atoms with E-state index < -0.39 is 39.7 Å². The van der Waals surface area contributed by atoms with Gasteiger partial charge >= 0.3 is 5.97 Å². The van der Waals surface area contributed by atoms with Gasteiger partial charge in [-0.3, -0.25) is 9.59 Å². The first-order valence-electron chi connectivity index (χ1n) is 7.61. The summed E-state index contributed by atoms with van der Waals surface area (Å²) in [6.07, 6.45) is 0. The lowest BCUT2D eigenvalue weighted by molar-refractivity contribution is -0.195. The van der Waals surface area contributed by atoms with E-state index in [9.17, 15) is 24.6 Å². The number of carbonyl (C=O) groups is 3. The van der Waals surface area contributed by atoms with E-state index >= 15 is 0 Å². The normalized spacial score (nSPS) is 29.6. The third-order valence-electron chi connectivity index (χ3n) is 4.20. The highest BCUT2D eigenvalue weighted by Crippen LogP contribution is 2.53. The number of rotatable bonds is 5. The van der Waals surface area contributed by atoms with Gasteiger partial charge in [-0.15, -0.1) is 11.8 Å². The predicted molar refractivity (Wildman–Crippen MR) is 88.8 cm³/mol. The Bertz CT molecular complexity index is 725. The van der Waals surface area contributed by atoms with Gasteiger partial charge in [-0.1, -0.05) is 18.2 Å². The molecule has 25 heavy (non-hydrogen) atoms. The minimum atomic E-state index is -2.12. The van der Waals surface area contributed by atoms with Crippen molar-refractivity contribution in [1.82, 2.24) is 10.2 Å². The molecule has 0 saturated carbocycles. The van der Waals surface area contributed by atoms with E-state index in [2.05, 4.69) is 5.32 Å². The number of thioether (sulfide) groups is 1. The highest BCUT2D eigenvalue weighted by atomic mass is 32.2. The number of hydrogen-bond donors (Lipinski definition) is 3. The number of β-lactam (4-membered cyclic amide) rings is 1. The number of para-hydroxylation sites is 1. The lowest BCUT2D eigenvalue weighted by atomic mass is 9.93. The fourth-order valence-corrected chi connectivity index (χ4v) is 4.65. The molecule has 2 saturated heterocycles. The molecule has 2 heterocycles. The summed E-state index contributed by atoms with van der Waals surface area (Å²) < 4.78 is 4.49. The van der Waals surface area contributed by atoms with Gasteiger partial charge in [0.15, 0.2) is 6.61 Å². The Labute approximate surface area is 148 Å². The topological polar surface area (TPSA) is 116 Å². The van der Waals surface area contributed by atoms with Crippen molar-refractivity contribution >= 4 is 29.5 Å². The summed E-state index contributed by atoms with van der Waals surface area (Å²) in [6, 6.07) is 7.58. The number of ether oxygens (including phenoxy) is 1. The van der Waals surface area contributed by atoms with E-state index in [0.29, 0.717) is 5.75 Å². The van der Waals surface area contributed by atoms with Crippen LogP contribution >= 0.6 is 11.8 Å². The predicted octanol–water partition coefficient (Wildman–Crippen LogP) is 0.0171. The third-order valence-corrected chi connectivity index (χ3v) is 5.82.